The topological polar surface area (TPSA) is 63.8 Å². The summed E-state index contributed by atoms with van der Waals surface area (Å²) in [7, 11) is 11.9. The van der Waals surface area contributed by atoms with Crippen molar-refractivity contribution in [3.8, 4) is 0 Å². The van der Waals surface area contributed by atoms with Crippen molar-refractivity contribution >= 4 is 62.6 Å². The molecule has 1 N–H and O–H groups in total. The molecule has 0 radical (unpaired) electrons. The minimum atomic E-state index is -0.153. The van der Waals surface area contributed by atoms with Gasteiger partial charge >= 0.3 is 5.17 Å². The smallest absolute Gasteiger partial charge is 0.359 e. The minimum absolute atomic E-state index is 0.153. The van der Waals surface area contributed by atoms with Crippen molar-refractivity contribution in [3.63, 3.8) is 0 Å². The van der Waals surface area contributed by atoms with E-state index in [-0.39, 0.29) is 5.91 Å². The fraction of sp³-hybridized carbons (Fsp3) is 0.333. The number of carbonyl (C=O) groups excluding carboxylic acids is 1. The van der Waals surface area contributed by atoms with Crippen molar-refractivity contribution in [3.05, 3.63) is 39.6 Å². The number of nitrogens with zero attached hydrogens (tertiary/aromatic N) is 5. The predicted molar refractivity (Wildman–Crippen MR) is 131 cm³/mol. The van der Waals surface area contributed by atoms with E-state index in [4.69, 9.17) is 4.99 Å². The summed E-state index contributed by atoms with van der Waals surface area (Å²) in [6.45, 7) is 1.49. The summed E-state index contributed by atoms with van der Waals surface area (Å²) >= 11 is 3.13. The van der Waals surface area contributed by atoms with E-state index in [0.717, 1.165) is 37.0 Å². The van der Waals surface area contributed by atoms with Crippen LogP contribution in [0.2, 0.25) is 0 Å². The zero-order valence-electron chi connectivity index (χ0n) is 18.3. The van der Waals surface area contributed by atoms with E-state index < -0.39 is 0 Å². The number of aromatic nitrogens is 1. The van der Waals surface area contributed by atoms with Crippen LogP contribution in [0.15, 0.2) is 34.2 Å². The maximum Gasteiger partial charge on any atom is 0.359 e. The number of hydrogen-bond acceptors (Lipinski definition) is 6. The van der Waals surface area contributed by atoms with Gasteiger partial charge in [0.15, 0.2) is 10.9 Å². The summed E-state index contributed by atoms with van der Waals surface area (Å²) in [5.74, 6) is 0.393. The Hall–Kier alpha value is -2.65. The van der Waals surface area contributed by atoms with Gasteiger partial charge in [-0.3, -0.25) is 9.37 Å². The molecule has 0 bridgehead atoms. The van der Waals surface area contributed by atoms with Crippen molar-refractivity contribution in [1.29, 1.82) is 0 Å². The van der Waals surface area contributed by atoms with E-state index in [9.17, 15) is 4.79 Å². The molecule has 9 heteroatoms. The maximum atomic E-state index is 11.8. The van der Waals surface area contributed by atoms with Gasteiger partial charge in [-0.1, -0.05) is 23.5 Å². The lowest BCUT2D eigenvalue weighted by Crippen LogP contribution is -2.11. The van der Waals surface area contributed by atoms with Crippen LogP contribution in [0.25, 0.3) is 6.08 Å². The van der Waals surface area contributed by atoms with Gasteiger partial charge in [0.2, 0.25) is 11.6 Å². The van der Waals surface area contributed by atoms with Crippen LogP contribution in [0.3, 0.4) is 0 Å². The summed E-state index contributed by atoms with van der Waals surface area (Å²) < 4.78 is 1.99. The number of amides is 1. The molecule has 0 atom stereocenters. The van der Waals surface area contributed by atoms with E-state index in [1.807, 2.05) is 51.8 Å². The SMILES string of the molecule is CC(=O)Nc1nc(N(C)C)sc1C1=NC(=[N+](C)C)S/C1=C\c1ccc(N(C)C)cc1. The van der Waals surface area contributed by atoms with Crippen molar-refractivity contribution in [2.24, 2.45) is 4.99 Å². The van der Waals surface area contributed by atoms with E-state index in [0.29, 0.717) is 5.82 Å². The summed E-state index contributed by atoms with van der Waals surface area (Å²) in [6.07, 6.45) is 2.13. The van der Waals surface area contributed by atoms with Gasteiger partial charge in [0.25, 0.3) is 0 Å². The van der Waals surface area contributed by atoms with E-state index in [1.54, 1.807) is 11.8 Å². The van der Waals surface area contributed by atoms with E-state index in [1.165, 1.54) is 18.3 Å². The van der Waals surface area contributed by atoms with Crippen LogP contribution in [0, 0.1) is 0 Å². The Labute approximate surface area is 185 Å². The molecule has 7 nitrogen and oxygen atoms in total. The molecule has 1 aromatic heterocycles. The molecule has 1 aliphatic heterocycles. The zero-order chi connectivity index (χ0) is 22.0. The molecule has 0 fully saturated rings. The third kappa shape index (κ3) is 4.91. The number of amidine groups is 1. The molecule has 2 aromatic rings. The molecule has 1 aromatic carbocycles. The van der Waals surface area contributed by atoms with Gasteiger partial charge in [-0.05, 0) is 28.8 Å². The first-order valence-electron chi connectivity index (χ1n) is 9.42. The molecule has 158 valence electrons. The highest BCUT2D eigenvalue weighted by Gasteiger charge is 2.34. The molecular weight excluding hydrogens is 416 g/mol. The molecule has 30 heavy (non-hydrogen) atoms. The third-order valence-electron chi connectivity index (χ3n) is 4.24. The van der Waals surface area contributed by atoms with Crippen LogP contribution in [-0.4, -0.2) is 68.6 Å². The number of thioether (sulfide) groups is 1. The van der Waals surface area contributed by atoms with Gasteiger partial charge in [-0.2, -0.15) is 0 Å². The standard InChI is InChI=1S/C21H26N6OS2/c1-13(28)22-19-18(30-21(24-19)27(6)7)17-16(29-20(23-17)26(4)5)12-14-8-10-15(11-9-14)25(2)3/h8-12H,1-7H3/p+1/b16-12-. The number of carbonyl (C=O) groups is 1. The first kappa shape index (κ1) is 22.0. The predicted octanol–water partition coefficient (Wildman–Crippen LogP) is 3.44. The second kappa shape index (κ2) is 9.01. The van der Waals surface area contributed by atoms with Gasteiger partial charge < -0.3 is 15.1 Å². The lowest BCUT2D eigenvalue weighted by atomic mass is 10.1. The lowest BCUT2D eigenvalue weighted by Gasteiger charge is -2.11. The second-order valence-corrected chi connectivity index (χ2v) is 9.47. The average Bonchev–Trinajstić information content (AvgIpc) is 3.26. The Morgan fingerprint density at radius 1 is 1.10 bits per heavy atom. The van der Waals surface area contributed by atoms with E-state index in [2.05, 4.69) is 45.5 Å². The van der Waals surface area contributed by atoms with Gasteiger partial charge in [0, 0.05) is 52.6 Å². The molecule has 3 rings (SSSR count). The first-order chi connectivity index (χ1) is 14.2. The number of rotatable bonds is 5. The molecule has 1 amide bonds. The highest BCUT2D eigenvalue weighted by Crippen LogP contribution is 2.39. The van der Waals surface area contributed by atoms with Gasteiger partial charge in [-0.15, -0.1) is 0 Å². The Morgan fingerprint density at radius 2 is 1.77 bits per heavy atom. The number of anilines is 3. The summed E-state index contributed by atoms with van der Waals surface area (Å²) in [4.78, 5) is 27.1. The van der Waals surface area contributed by atoms with Gasteiger partial charge in [0.1, 0.15) is 4.88 Å². The quantitative estimate of drug-likeness (QED) is 0.718. The van der Waals surface area contributed by atoms with Crippen molar-refractivity contribution < 1.29 is 9.37 Å². The fourth-order valence-electron chi connectivity index (χ4n) is 2.70. The Balaban J connectivity index is 2.09. The van der Waals surface area contributed by atoms with Crippen LogP contribution >= 0.6 is 23.1 Å². The first-order valence-corrected chi connectivity index (χ1v) is 11.1. The van der Waals surface area contributed by atoms with Crippen LogP contribution in [0.4, 0.5) is 16.6 Å². The zero-order valence-corrected chi connectivity index (χ0v) is 20.0. The number of nitrogens with one attached hydrogen (secondary N) is 1. The van der Waals surface area contributed by atoms with Crippen LogP contribution < -0.4 is 15.1 Å². The fourth-order valence-corrected chi connectivity index (χ4v) is 4.67. The normalized spacial score (nSPS) is 14.7. The Bertz CT molecular complexity index is 1040. The molecule has 0 aliphatic carbocycles. The maximum absolute atomic E-state index is 11.8. The molecule has 0 saturated heterocycles. The molecule has 0 unspecified atom stereocenters. The van der Waals surface area contributed by atoms with E-state index >= 15 is 0 Å². The monoisotopic (exact) mass is 443 g/mol. The van der Waals surface area contributed by atoms with Crippen molar-refractivity contribution in [2.75, 3.05) is 57.4 Å². The minimum Gasteiger partial charge on any atom is -0.378 e. The lowest BCUT2D eigenvalue weighted by molar-refractivity contribution is -0.462. The number of benzene rings is 1. The summed E-state index contributed by atoms with van der Waals surface area (Å²) in [5.41, 5.74) is 3.07. The van der Waals surface area contributed by atoms with Crippen molar-refractivity contribution in [2.45, 2.75) is 6.92 Å². The highest BCUT2D eigenvalue weighted by molar-refractivity contribution is 8.18. The molecule has 0 spiro atoms. The number of hydrogen-bond donors (Lipinski definition) is 1. The van der Waals surface area contributed by atoms with Gasteiger partial charge in [-0.25, -0.2) is 4.98 Å². The molecular formula is C21H27N6OS2+. The highest BCUT2D eigenvalue weighted by atomic mass is 32.2. The average molecular weight is 444 g/mol. The van der Waals surface area contributed by atoms with Crippen molar-refractivity contribution in [1.82, 2.24) is 4.98 Å². The molecule has 0 saturated carbocycles. The molecule has 2 heterocycles. The largest absolute Gasteiger partial charge is 0.378 e. The summed E-state index contributed by atoms with van der Waals surface area (Å²) in [5, 5.41) is 4.57. The van der Waals surface area contributed by atoms with Gasteiger partial charge in [0.05, 0.1) is 19.0 Å². The third-order valence-corrected chi connectivity index (χ3v) is 6.64. The number of thiazole rings is 1. The number of aliphatic imine (C=N–C) groups is 1. The molecule has 1 aliphatic rings. The number of allylic oxidation sites excluding steroid dienone is 1. The van der Waals surface area contributed by atoms with Crippen LogP contribution in [0.1, 0.15) is 17.4 Å². The van der Waals surface area contributed by atoms with Crippen LogP contribution in [0.5, 0.6) is 0 Å². The summed E-state index contributed by atoms with van der Waals surface area (Å²) in [6, 6.07) is 8.39. The Kier molecular flexibility index (Phi) is 6.62. The second-order valence-electron chi connectivity index (χ2n) is 7.48. The Morgan fingerprint density at radius 3 is 2.30 bits per heavy atom. The van der Waals surface area contributed by atoms with Crippen LogP contribution in [-0.2, 0) is 4.79 Å².